The lowest BCUT2D eigenvalue weighted by atomic mass is 10.0. The summed E-state index contributed by atoms with van der Waals surface area (Å²) in [7, 11) is 1.53. The minimum atomic E-state index is -0.509. The second-order valence-electron chi connectivity index (χ2n) is 7.26. The first-order valence-corrected chi connectivity index (χ1v) is 10.0. The first kappa shape index (κ1) is 20.1. The van der Waals surface area contributed by atoms with E-state index in [1.807, 2.05) is 18.2 Å². The predicted molar refractivity (Wildman–Crippen MR) is 119 cm³/mol. The Morgan fingerprint density at radius 3 is 2.70 bits per heavy atom. The third-order valence-electron chi connectivity index (χ3n) is 5.15. The highest BCUT2D eigenvalue weighted by atomic mass is 16.5. The Hall–Kier alpha value is -3.22. The molecule has 0 unspecified atom stereocenters. The highest BCUT2D eigenvalue weighted by Crippen LogP contribution is 2.30. The van der Waals surface area contributed by atoms with E-state index in [1.165, 1.54) is 23.9 Å². The van der Waals surface area contributed by atoms with Crippen LogP contribution in [0.1, 0.15) is 5.56 Å². The van der Waals surface area contributed by atoms with Crippen molar-refractivity contribution in [1.29, 1.82) is 0 Å². The van der Waals surface area contributed by atoms with Crippen LogP contribution in [-0.4, -0.2) is 48.1 Å². The Kier molecular flexibility index (Phi) is 6.07. The number of rotatable bonds is 9. The van der Waals surface area contributed by atoms with E-state index in [0.717, 1.165) is 16.6 Å². The molecule has 1 heterocycles. The van der Waals surface area contributed by atoms with Gasteiger partial charge in [0.25, 0.3) is 0 Å². The minimum absolute atomic E-state index is 0.130. The maximum atomic E-state index is 10.5. The first-order valence-electron chi connectivity index (χ1n) is 10.0. The molecule has 4 aromatic rings. The molecule has 0 aliphatic heterocycles. The number of benzene rings is 3. The summed E-state index contributed by atoms with van der Waals surface area (Å²) in [6, 6.07) is 19.2. The Morgan fingerprint density at radius 2 is 1.83 bits per heavy atom. The van der Waals surface area contributed by atoms with E-state index in [2.05, 4.69) is 34.6 Å². The quantitative estimate of drug-likeness (QED) is 0.319. The molecular formula is C24H26N2O4. The van der Waals surface area contributed by atoms with Crippen molar-refractivity contribution in [3.8, 4) is 17.2 Å². The highest BCUT2D eigenvalue weighted by Gasteiger charge is 2.12. The Bertz CT molecular complexity index is 1140. The highest BCUT2D eigenvalue weighted by molar-refractivity contribution is 6.08. The number of para-hydroxylation sites is 2. The monoisotopic (exact) mass is 406 g/mol. The summed E-state index contributed by atoms with van der Waals surface area (Å²) in [4.78, 5) is 3.48. The average Bonchev–Trinajstić information content (AvgIpc) is 3.14. The first-order chi connectivity index (χ1) is 14.7. The molecule has 0 radical (unpaired) electrons. The van der Waals surface area contributed by atoms with Gasteiger partial charge in [0.1, 0.15) is 12.4 Å². The minimum Gasteiger partial charge on any atom is -0.508 e. The van der Waals surface area contributed by atoms with E-state index in [1.54, 1.807) is 12.1 Å². The second kappa shape index (κ2) is 9.07. The zero-order valence-corrected chi connectivity index (χ0v) is 16.9. The van der Waals surface area contributed by atoms with Crippen molar-refractivity contribution in [1.82, 2.24) is 10.3 Å². The Morgan fingerprint density at radius 1 is 1.00 bits per heavy atom. The van der Waals surface area contributed by atoms with Crippen molar-refractivity contribution in [2.75, 3.05) is 26.8 Å². The molecule has 0 aliphatic rings. The van der Waals surface area contributed by atoms with Crippen LogP contribution in [0.4, 0.5) is 0 Å². The van der Waals surface area contributed by atoms with Gasteiger partial charge in [-0.15, -0.1) is 0 Å². The third-order valence-corrected chi connectivity index (χ3v) is 5.15. The molecule has 0 fully saturated rings. The number of ether oxygens (including phenoxy) is 2. The molecule has 6 nitrogen and oxygen atoms in total. The Labute approximate surface area is 175 Å². The molecule has 1 atom stereocenters. The molecule has 156 valence electrons. The SMILES string of the molecule is COc1cc(O)ccc1OCCNC[C@H](O)Cc1cccc2c1[nH]c1ccccc12. The van der Waals surface area contributed by atoms with Crippen LogP contribution in [0.5, 0.6) is 17.2 Å². The summed E-state index contributed by atoms with van der Waals surface area (Å²) >= 11 is 0. The molecule has 4 N–H and O–H groups in total. The van der Waals surface area contributed by atoms with E-state index in [-0.39, 0.29) is 5.75 Å². The van der Waals surface area contributed by atoms with Gasteiger partial charge in [-0.2, -0.15) is 0 Å². The summed E-state index contributed by atoms with van der Waals surface area (Å²) in [5, 5.41) is 25.6. The number of phenols is 1. The summed E-state index contributed by atoms with van der Waals surface area (Å²) in [5.41, 5.74) is 3.29. The zero-order valence-electron chi connectivity index (χ0n) is 16.9. The van der Waals surface area contributed by atoms with Crippen molar-refractivity contribution >= 4 is 21.8 Å². The van der Waals surface area contributed by atoms with Crippen molar-refractivity contribution in [3.05, 3.63) is 66.2 Å². The molecule has 3 aromatic carbocycles. The Balaban J connectivity index is 1.30. The van der Waals surface area contributed by atoms with Gasteiger partial charge in [0.15, 0.2) is 11.5 Å². The van der Waals surface area contributed by atoms with Gasteiger partial charge in [-0.25, -0.2) is 0 Å². The van der Waals surface area contributed by atoms with Crippen LogP contribution in [0.25, 0.3) is 21.8 Å². The molecule has 0 aliphatic carbocycles. The van der Waals surface area contributed by atoms with Gasteiger partial charge in [-0.1, -0.05) is 36.4 Å². The molecule has 0 bridgehead atoms. The van der Waals surface area contributed by atoms with Crippen LogP contribution < -0.4 is 14.8 Å². The van der Waals surface area contributed by atoms with Crippen LogP contribution in [0.2, 0.25) is 0 Å². The van der Waals surface area contributed by atoms with Crippen molar-refractivity contribution in [2.24, 2.45) is 0 Å². The number of aliphatic hydroxyl groups is 1. The number of aromatic amines is 1. The number of aliphatic hydroxyl groups excluding tert-OH is 1. The lowest BCUT2D eigenvalue weighted by Gasteiger charge is -2.14. The van der Waals surface area contributed by atoms with Gasteiger partial charge >= 0.3 is 0 Å². The summed E-state index contributed by atoms with van der Waals surface area (Å²) in [6.07, 6.45) is 0.0503. The fourth-order valence-electron chi connectivity index (χ4n) is 3.71. The third kappa shape index (κ3) is 4.35. The largest absolute Gasteiger partial charge is 0.508 e. The van der Waals surface area contributed by atoms with Crippen LogP contribution in [0, 0.1) is 0 Å². The van der Waals surface area contributed by atoms with Gasteiger partial charge in [0, 0.05) is 47.4 Å². The van der Waals surface area contributed by atoms with Gasteiger partial charge in [0.2, 0.25) is 0 Å². The molecule has 0 saturated heterocycles. The fraction of sp³-hybridized carbons (Fsp3) is 0.250. The number of nitrogens with one attached hydrogen (secondary N) is 2. The van der Waals surface area contributed by atoms with Gasteiger partial charge < -0.3 is 30.0 Å². The molecule has 6 heteroatoms. The number of H-pyrrole nitrogens is 1. The van der Waals surface area contributed by atoms with E-state index >= 15 is 0 Å². The van der Waals surface area contributed by atoms with Crippen molar-refractivity contribution < 1.29 is 19.7 Å². The number of aromatic hydroxyl groups is 1. The van der Waals surface area contributed by atoms with Crippen LogP contribution >= 0.6 is 0 Å². The van der Waals surface area contributed by atoms with Crippen molar-refractivity contribution in [2.45, 2.75) is 12.5 Å². The number of methoxy groups -OCH3 is 1. The smallest absolute Gasteiger partial charge is 0.164 e. The van der Waals surface area contributed by atoms with Crippen LogP contribution in [0.15, 0.2) is 60.7 Å². The molecule has 30 heavy (non-hydrogen) atoms. The predicted octanol–water partition coefficient (Wildman–Crippen LogP) is 3.61. The molecule has 0 amide bonds. The molecule has 0 saturated carbocycles. The topological polar surface area (TPSA) is 86.7 Å². The maximum absolute atomic E-state index is 10.5. The van der Waals surface area contributed by atoms with E-state index in [9.17, 15) is 10.2 Å². The summed E-state index contributed by atoms with van der Waals surface area (Å²) < 4.78 is 10.9. The van der Waals surface area contributed by atoms with E-state index < -0.39 is 6.10 Å². The number of fused-ring (bicyclic) bond motifs is 3. The van der Waals surface area contributed by atoms with Crippen molar-refractivity contribution in [3.63, 3.8) is 0 Å². The fourth-order valence-corrected chi connectivity index (χ4v) is 3.71. The molecule has 1 aromatic heterocycles. The van der Waals surface area contributed by atoms with Gasteiger partial charge in [0.05, 0.1) is 13.2 Å². The molecular weight excluding hydrogens is 380 g/mol. The van der Waals surface area contributed by atoms with Gasteiger partial charge in [-0.3, -0.25) is 0 Å². The average molecular weight is 406 g/mol. The van der Waals surface area contributed by atoms with Crippen LogP contribution in [0.3, 0.4) is 0 Å². The number of phenolic OH excluding ortho intramolecular Hbond substituents is 1. The number of aromatic nitrogens is 1. The summed E-state index contributed by atoms with van der Waals surface area (Å²) in [6.45, 7) is 1.47. The van der Waals surface area contributed by atoms with Gasteiger partial charge in [-0.05, 0) is 23.8 Å². The standard InChI is InChI=1S/C24H26N2O4/c1-29-23-14-17(27)9-10-22(23)30-12-11-25-15-18(28)13-16-5-4-7-20-19-6-2-3-8-21(19)26-24(16)20/h2-10,14,18,25-28H,11-13,15H2,1H3/t18-/m1/s1. The normalized spacial score (nSPS) is 12.3. The zero-order chi connectivity index (χ0) is 20.9. The van der Waals surface area contributed by atoms with Crippen LogP contribution in [-0.2, 0) is 6.42 Å². The lowest BCUT2D eigenvalue weighted by Crippen LogP contribution is -2.31. The summed E-state index contributed by atoms with van der Waals surface area (Å²) in [5.74, 6) is 1.19. The maximum Gasteiger partial charge on any atom is 0.164 e. The number of hydrogen-bond donors (Lipinski definition) is 4. The second-order valence-corrected chi connectivity index (χ2v) is 7.26. The van der Waals surface area contributed by atoms with E-state index in [4.69, 9.17) is 9.47 Å². The molecule has 0 spiro atoms. The lowest BCUT2D eigenvalue weighted by molar-refractivity contribution is 0.169. The number of hydrogen-bond acceptors (Lipinski definition) is 5. The van der Waals surface area contributed by atoms with E-state index in [0.29, 0.717) is 37.6 Å². The molecule has 4 rings (SSSR count).